The second-order valence-corrected chi connectivity index (χ2v) is 10.1. The van der Waals surface area contributed by atoms with E-state index in [0.29, 0.717) is 17.4 Å². The number of aromatic nitrogens is 1. The normalized spacial score (nSPS) is 18.3. The van der Waals surface area contributed by atoms with Crippen LogP contribution in [0.15, 0.2) is 58.7 Å². The highest BCUT2D eigenvalue weighted by molar-refractivity contribution is 7.98. The molecule has 172 valence electrons. The highest BCUT2D eigenvalue weighted by Gasteiger charge is 2.38. The van der Waals surface area contributed by atoms with E-state index in [-0.39, 0.29) is 16.7 Å². The zero-order chi connectivity index (χ0) is 23.3. The summed E-state index contributed by atoms with van der Waals surface area (Å²) < 4.78 is 34.1. The molecule has 0 radical (unpaired) electrons. The molecule has 32 heavy (non-hydrogen) atoms. The van der Waals surface area contributed by atoms with Crippen molar-refractivity contribution in [1.82, 2.24) is 9.29 Å². The topological polar surface area (TPSA) is 100 Å². The molecule has 3 rings (SSSR count). The van der Waals surface area contributed by atoms with Crippen LogP contribution in [0.3, 0.4) is 0 Å². The van der Waals surface area contributed by atoms with Crippen molar-refractivity contribution in [3.05, 3.63) is 48.7 Å². The van der Waals surface area contributed by atoms with E-state index in [0.717, 1.165) is 37.3 Å². The van der Waals surface area contributed by atoms with Gasteiger partial charge in [-0.1, -0.05) is 38.0 Å². The minimum absolute atomic E-state index is 0.0272. The Bertz CT molecular complexity index is 1090. The van der Waals surface area contributed by atoms with Gasteiger partial charge in [0.05, 0.1) is 12.3 Å². The molecule has 0 bridgehead atoms. The molecule has 2 aromatic rings. The number of anilines is 2. The fraction of sp³-hybridized carbons (Fsp3) is 0.364. The summed E-state index contributed by atoms with van der Waals surface area (Å²) in [5.74, 6) is -0.647. The quantitative estimate of drug-likeness (QED) is 0.344. The number of aliphatic carboxylic acids is 1. The Morgan fingerprint density at radius 1 is 1.34 bits per heavy atom. The largest absolute Gasteiger partial charge is 0.478 e. The second-order valence-electron chi connectivity index (χ2n) is 7.34. The van der Waals surface area contributed by atoms with Crippen molar-refractivity contribution in [2.45, 2.75) is 42.1 Å². The lowest BCUT2D eigenvalue weighted by Gasteiger charge is -2.29. The number of ether oxygens (including phenoxy) is 1. The highest BCUT2D eigenvalue weighted by Crippen LogP contribution is 2.41. The van der Waals surface area contributed by atoms with Crippen LogP contribution in [0.4, 0.5) is 11.5 Å². The number of sulfonamides is 1. The first kappa shape index (κ1) is 24.1. The monoisotopic (exact) mass is 477 g/mol. The Morgan fingerprint density at radius 2 is 2.06 bits per heavy atom. The smallest absolute Gasteiger partial charge is 0.331 e. The predicted molar refractivity (Wildman–Crippen MR) is 125 cm³/mol. The number of carbonyl (C=O) groups is 1. The van der Waals surface area contributed by atoms with Crippen LogP contribution in [0, 0.1) is 0 Å². The molecule has 0 saturated carbocycles. The summed E-state index contributed by atoms with van der Waals surface area (Å²) in [5, 5.41) is 9.29. The van der Waals surface area contributed by atoms with Gasteiger partial charge in [-0.3, -0.25) is 0 Å². The number of carboxylic acids is 1. The number of rotatable bonds is 8. The molecule has 0 aliphatic carbocycles. The Morgan fingerprint density at radius 3 is 2.69 bits per heavy atom. The fourth-order valence-corrected chi connectivity index (χ4v) is 5.55. The van der Waals surface area contributed by atoms with Gasteiger partial charge in [-0.25, -0.2) is 18.2 Å². The summed E-state index contributed by atoms with van der Waals surface area (Å²) in [6, 6.07) is 10.8. The van der Waals surface area contributed by atoms with E-state index < -0.39 is 16.0 Å². The third-order valence-electron chi connectivity index (χ3n) is 5.28. The van der Waals surface area contributed by atoms with Crippen LogP contribution in [0.1, 0.15) is 26.2 Å². The van der Waals surface area contributed by atoms with Gasteiger partial charge in [0.15, 0.2) is 11.6 Å². The van der Waals surface area contributed by atoms with Gasteiger partial charge in [-0.2, -0.15) is 4.31 Å². The van der Waals surface area contributed by atoms with Crippen molar-refractivity contribution in [3.8, 4) is 5.75 Å². The van der Waals surface area contributed by atoms with Crippen molar-refractivity contribution in [2.75, 3.05) is 24.7 Å². The van der Waals surface area contributed by atoms with E-state index in [1.165, 1.54) is 22.1 Å². The van der Waals surface area contributed by atoms with E-state index in [9.17, 15) is 13.2 Å². The zero-order valence-electron chi connectivity index (χ0n) is 18.3. The summed E-state index contributed by atoms with van der Waals surface area (Å²) in [7, 11) is -2.27. The molecule has 1 aromatic carbocycles. The molecule has 1 aromatic heterocycles. The number of likely N-dealkylation sites (N-methyl/N-ethyl adjacent to an activating group) is 1. The van der Waals surface area contributed by atoms with E-state index in [4.69, 9.17) is 9.84 Å². The first-order valence-electron chi connectivity index (χ1n) is 10.2. The van der Waals surface area contributed by atoms with Crippen molar-refractivity contribution < 1.29 is 23.1 Å². The number of hydrogen-bond donors (Lipinski definition) is 1. The summed E-state index contributed by atoms with van der Waals surface area (Å²) >= 11 is 1.29. The van der Waals surface area contributed by atoms with Gasteiger partial charge < -0.3 is 14.7 Å². The SMILES string of the molecule is CCCCC1CN(c2ccccc2)c2nc(SC)c(O/C=C/C(=O)O)cc2S(=O)(=O)N1C. The molecule has 0 fully saturated rings. The zero-order valence-corrected chi connectivity index (χ0v) is 19.9. The van der Waals surface area contributed by atoms with Gasteiger partial charge in [-0.05, 0) is 24.8 Å². The molecule has 0 spiro atoms. The third-order valence-corrected chi connectivity index (χ3v) is 7.87. The number of carboxylic acid groups (broad SMARTS) is 1. The maximum atomic E-state index is 13.6. The van der Waals surface area contributed by atoms with Crippen molar-refractivity contribution in [3.63, 3.8) is 0 Å². The van der Waals surface area contributed by atoms with Gasteiger partial charge in [0.2, 0.25) is 10.0 Å². The number of para-hydroxylation sites is 1. The van der Waals surface area contributed by atoms with Crippen LogP contribution in [-0.2, 0) is 14.8 Å². The van der Waals surface area contributed by atoms with Gasteiger partial charge in [-0.15, -0.1) is 11.8 Å². The number of hydrogen-bond acceptors (Lipinski definition) is 7. The van der Waals surface area contributed by atoms with E-state index in [1.54, 1.807) is 13.3 Å². The van der Waals surface area contributed by atoms with Crippen LogP contribution < -0.4 is 9.64 Å². The first-order chi connectivity index (χ1) is 15.3. The second kappa shape index (κ2) is 10.4. The summed E-state index contributed by atoms with van der Waals surface area (Å²) in [6.45, 7) is 2.54. The maximum Gasteiger partial charge on any atom is 0.331 e. The van der Waals surface area contributed by atoms with E-state index >= 15 is 0 Å². The van der Waals surface area contributed by atoms with Gasteiger partial charge in [0, 0.05) is 31.4 Å². The van der Waals surface area contributed by atoms with Gasteiger partial charge in [0.1, 0.15) is 9.92 Å². The van der Waals surface area contributed by atoms with Crippen LogP contribution in [0.25, 0.3) is 0 Å². The van der Waals surface area contributed by atoms with Crippen molar-refractivity contribution in [2.24, 2.45) is 0 Å². The summed E-state index contributed by atoms with van der Waals surface area (Å²) in [6.07, 6.45) is 6.25. The molecule has 8 nitrogen and oxygen atoms in total. The van der Waals surface area contributed by atoms with Crippen LogP contribution in [-0.4, -0.2) is 54.7 Å². The Balaban J connectivity index is 2.20. The Kier molecular flexibility index (Phi) is 7.81. The molecular formula is C22H27N3O5S2. The molecule has 1 N–H and O–H groups in total. The molecule has 1 unspecified atom stereocenters. The molecule has 10 heteroatoms. The molecular weight excluding hydrogens is 450 g/mol. The molecule has 1 aliphatic rings. The minimum atomic E-state index is -3.87. The lowest BCUT2D eigenvalue weighted by Crippen LogP contribution is -2.40. The lowest BCUT2D eigenvalue weighted by molar-refractivity contribution is -0.131. The average molecular weight is 478 g/mol. The van der Waals surface area contributed by atoms with Crippen LogP contribution in [0.5, 0.6) is 5.75 Å². The van der Waals surface area contributed by atoms with Crippen molar-refractivity contribution in [1.29, 1.82) is 0 Å². The lowest BCUT2D eigenvalue weighted by atomic mass is 10.1. The molecule has 2 heterocycles. The van der Waals surface area contributed by atoms with E-state index in [1.807, 2.05) is 35.2 Å². The first-order valence-corrected chi connectivity index (χ1v) is 12.9. The number of pyridine rings is 1. The molecule has 1 atom stereocenters. The highest BCUT2D eigenvalue weighted by atomic mass is 32.2. The molecule has 1 aliphatic heterocycles. The third kappa shape index (κ3) is 5.08. The Hall–Kier alpha value is -2.56. The van der Waals surface area contributed by atoms with Crippen LogP contribution in [0.2, 0.25) is 0 Å². The van der Waals surface area contributed by atoms with Crippen LogP contribution >= 0.6 is 11.8 Å². The maximum absolute atomic E-state index is 13.6. The van der Waals surface area contributed by atoms with Crippen molar-refractivity contribution >= 4 is 39.3 Å². The fourth-order valence-electron chi connectivity index (χ4n) is 3.54. The summed E-state index contributed by atoms with van der Waals surface area (Å²) in [4.78, 5) is 17.4. The number of fused-ring (bicyclic) bond motifs is 1. The van der Waals surface area contributed by atoms with Gasteiger partial charge >= 0.3 is 5.97 Å². The number of unbranched alkanes of at least 4 members (excludes halogenated alkanes) is 1. The summed E-state index contributed by atoms with van der Waals surface area (Å²) in [5.41, 5.74) is 0.847. The minimum Gasteiger partial charge on any atom is -0.478 e. The number of nitrogens with zero attached hydrogens (tertiary/aromatic N) is 3. The number of benzene rings is 1. The predicted octanol–water partition coefficient (Wildman–Crippen LogP) is 4.11. The molecule has 0 amide bonds. The Labute approximate surface area is 192 Å². The molecule has 0 saturated heterocycles. The average Bonchev–Trinajstić information content (AvgIpc) is 2.86. The standard InChI is InChI=1S/C22H27N3O5S2/c1-4-5-9-17-15-25(16-10-7-6-8-11-16)21-19(32(28,29)24(17)2)14-18(22(23-21)31-3)30-13-12-20(26)27/h6-8,10-14,17H,4-5,9,15H2,1-3H3,(H,26,27)/b13-12+. The van der Waals surface area contributed by atoms with E-state index in [2.05, 4.69) is 11.9 Å². The van der Waals surface area contributed by atoms with Gasteiger partial charge in [0.25, 0.3) is 0 Å². The number of thioether (sulfide) groups is 1.